The number of fused-ring (bicyclic) bond motifs is 2. The molecule has 2 bridgehead atoms. The summed E-state index contributed by atoms with van der Waals surface area (Å²) in [6.45, 7) is 3.79. The van der Waals surface area contributed by atoms with Gasteiger partial charge in [-0.1, -0.05) is 12.2 Å². The molecule has 0 aromatic rings. The monoisotopic (exact) mass is 237 g/mol. The largest absolute Gasteiger partial charge is 0.481 e. The van der Waals surface area contributed by atoms with E-state index in [1.807, 2.05) is 26.0 Å². The van der Waals surface area contributed by atoms with Crippen molar-refractivity contribution in [1.82, 2.24) is 5.32 Å². The number of carbonyl (C=O) groups is 2. The smallest absolute Gasteiger partial charge is 0.307 e. The average molecular weight is 237 g/mol. The molecule has 1 amide bonds. The Bertz CT molecular complexity index is 362. The number of aliphatic carboxylic acids is 1. The number of allylic oxidation sites excluding steroid dienone is 2. The molecule has 94 valence electrons. The maximum atomic E-state index is 12.1. The maximum Gasteiger partial charge on any atom is 0.307 e. The van der Waals surface area contributed by atoms with Crippen LogP contribution in [0.4, 0.5) is 0 Å². The van der Waals surface area contributed by atoms with Gasteiger partial charge in [0.15, 0.2) is 0 Å². The SMILES string of the molecule is CC(C)NC(=O)C1C2C=CC(CC2)C1C(=O)O. The van der Waals surface area contributed by atoms with E-state index in [0.29, 0.717) is 0 Å². The van der Waals surface area contributed by atoms with Gasteiger partial charge in [-0.25, -0.2) is 0 Å². The summed E-state index contributed by atoms with van der Waals surface area (Å²) in [7, 11) is 0. The summed E-state index contributed by atoms with van der Waals surface area (Å²) in [5, 5.41) is 12.1. The second-order valence-corrected chi connectivity index (χ2v) is 5.34. The lowest BCUT2D eigenvalue weighted by atomic mass is 9.62. The predicted octanol–water partition coefficient (Wildman–Crippen LogP) is 1.42. The van der Waals surface area contributed by atoms with Gasteiger partial charge in [0.05, 0.1) is 11.8 Å². The highest BCUT2D eigenvalue weighted by molar-refractivity contribution is 5.86. The molecule has 3 rings (SSSR count). The van der Waals surface area contributed by atoms with Crippen molar-refractivity contribution in [1.29, 1.82) is 0 Å². The zero-order valence-corrected chi connectivity index (χ0v) is 10.2. The van der Waals surface area contributed by atoms with Crippen LogP contribution in [-0.4, -0.2) is 23.0 Å². The lowest BCUT2D eigenvalue weighted by molar-refractivity contribution is -0.153. The Morgan fingerprint density at radius 1 is 1.18 bits per heavy atom. The Kier molecular flexibility index (Phi) is 3.22. The molecule has 0 aromatic heterocycles. The molecule has 0 aliphatic heterocycles. The van der Waals surface area contributed by atoms with Crippen molar-refractivity contribution in [3.63, 3.8) is 0 Å². The lowest BCUT2D eigenvalue weighted by Crippen LogP contribution is -2.50. The van der Waals surface area contributed by atoms with Crippen LogP contribution in [-0.2, 0) is 9.59 Å². The Hall–Kier alpha value is -1.32. The minimum Gasteiger partial charge on any atom is -0.481 e. The summed E-state index contributed by atoms with van der Waals surface area (Å²) in [6.07, 6.45) is 5.83. The van der Waals surface area contributed by atoms with Gasteiger partial charge in [0, 0.05) is 6.04 Å². The summed E-state index contributed by atoms with van der Waals surface area (Å²) in [6, 6.07) is 0.0568. The van der Waals surface area contributed by atoms with Crippen LogP contribution in [0, 0.1) is 23.7 Å². The van der Waals surface area contributed by atoms with Crippen molar-refractivity contribution in [2.45, 2.75) is 32.7 Å². The van der Waals surface area contributed by atoms with Gasteiger partial charge in [0.1, 0.15) is 0 Å². The Morgan fingerprint density at radius 2 is 1.71 bits per heavy atom. The topological polar surface area (TPSA) is 66.4 Å². The van der Waals surface area contributed by atoms with Crippen LogP contribution in [0.15, 0.2) is 12.2 Å². The normalized spacial score (nSPS) is 35.0. The molecule has 1 fully saturated rings. The quantitative estimate of drug-likeness (QED) is 0.730. The van der Waals surface area contributed by atoms with E-state index in [1.54, 1.807) is 0 Å². The zero-order valence-electron chi connectivity index (χ0n) is 10.2. The summed E-state index contributed by atoms with van der Waals surface area (Å²) >= 11 is 0. The van der Waals surface area contributed by atoms with Crippen LogP contribution < -0.4 is 5.32 Å². The number of hydrogen-bond acceptors (Lipinski definition) is 2. The Morgan fingerprint density at radius 3 is 2.12 bits per heavy atom. The summed E-state index contributed by atoms with van der Waals surface area (Å²) in [5.41, 5.74) is 0. The van der Waals surface area contributed by atoms with E-state index in [-0.39, 0.29) is 23.8 Å². The summed E-state index contributed by atoms with van der Waals surface area (Å²) < 4.78 is 0. The van der Waals surface area contributed by atoms with Crippen LogP contribution in [0.25, 0.3) is 0 Å². The van der Waals surface area contributed by atoms with E-state index >= 15 is 0 Å². The van der Waals surface area contributed by atoms with Crippen LogP contribution in [0.5, 0.6) is 0 Å². The number of rotatable bonds is 3. The minimum absolute atomic E-state index is 0.0282. The standard InChI is InChI=1S/C13H19NO3/c1-7(2)14-12(15)10-8-3-5-9(6-4-8)11(10)13(16)17/h3,5,7-11H,4,6H2,1-2H3,(H,14,15)(H,16,17). The fourth-order valence-corrected chi connectivity index (χ4v) is 3.07. The Labute approximate surface area is 101 Å². The number of carbonyl (C=O) groups excluding carboxylic acids is 1. The first kappa shape index (κ1) is 12.1. The molecule has 0 aromatic carbocycles. The second-order valence-electron chi connectivity index (χ2n) is 5.34. The van der Waals surface area contributed by atoms with Crippen molar-refractivity contribution in [3.05, 3.63) is 12.2 Å². The van der Waals surface area contributed by atoms with Crippen molar-refractivity contribution in [2.24, 2.45) is 23.7 Å². The first-order valence-corrected chi connectivity index (χ1v) is 6.22. The second kappa shape index (κ2) is 4.51. The molecule has 0 heterocycles. The molecule has 1 saturated carbocycles. The third-order valence-electron chi connectivity index (χ3n) is 3.77. The molecule has 4 unspecified atom stereocenters. The van der Waals surface area contributed by atoms with E-state index in [4.69, 9.17) is 0 Å². The van der Waals surface area contributed by atoms with Crippen LogP contribution in [0.1, 0.15) is 26.7 Å². The van der Waals surface area contributed by atoms with Gasteiger partial charge >= 0.3 is 5.97 Å². The van der Waals surface area contributed by atoms with E-state index in [2.05, 4.69) is 5.32 Å². The molecule has 17 heavy (non-hydrogen) atoms. The summed E-state index contributed by atoms with van der Waals surface area (Å²) in [4.78, 5) is 23.4. The minimum atomic E-state index is -0.840. The van der Waals surface area contributed by atoms with E-state index < -0.39 is 17.8 Å². The molecule has 0 spiro atoms. The summed E-state index contributed by atoms with van der Waals surface area (Å²) in [5.74, 6) is -1.75. The molecule has 4 nitrogen and oxygen atoms in total. The molecular weight excluding hydrogens is 218 g/mol. The molecular formula is C13H19NO3. The molecule has 0 radical (unpaired) electrons. The first-order valence-electron chi connectivity index (χ1n) is 6.22. The first-order chi connectivity index (χ1) is 8.00. The van der Waals surface area contributed by atoms with Gasteiger partial charge in [0.25, 0.3) is 0 Å². The average Bonchev–Trinajstić information content (AvgIpc) is 2.28. The zero-order chi connectivity index (χ0) is 12.6. The maximum absolute atomic E-state index is 12.1. The highest BCUT2D eigenvalue weighted by Gasteiger charge is 2.48. The molecule has 3 aliphatic rings. The van der Waals surface area contributed by atoms with Crippen LogP contribution in [0.3, 0.4) is 0 Å². The molecule has 4 atom stereocenters. The number of carboxylic acids is 1. The van der Waals surface area contributed by atoms with Crippen molar-refractivity contribution < 1.29 is 14.7 Å². The van der Waals surface area contributed by atoms with Gasteiger partial charge in [0.2, 0.25) is 5.91 Å². The number of nitrogens with one attached hydrogen (secondary N) is 1. The molecule has 2 N–H and O–H groups in total. The highest BCUT2D eigenvalue weighted by Crippen LogP contribution is 2.45. The molecule has 0 saturated heterocycles. The molecule has 3 aliphatic carbocycles. The molecule has 4 heteroatoms. The van der Waals surface area contributed by atoms with Crippen LogP contribution >= 0.6 is 0 Å². The van der Waals surface area contributed by atoms with Crippen molar-refractivity contribution in [3.8, 4) is 0 Å². The van der Waals surface area contributed by atoms with E-state index in [1.165, 1.54) is 0 Å². The predicted molar refractivity (Wildman–Crippen MR) is 63.2 cm³/mol. The van der Waals surface area contributed by atoms with Gasteiger partial charge in [-0.15, -0.1) is 0 Å². The fraction of sp³-hybridized carbons (Fsp3) is 0.692. The Balaban J connectivity index is 2.21. The van der Waals surface area contributed by atoms with Crippen molar-refractivity contribution in [2.75, 3.05) is 0 Å². The highest BCUT2D eigenvalue weighted by atomic mass is 16.4. The van der Waals surface area contributed by atoms with Gasteiger partial charge < -0.3 is 10.4 Å². The number of amides is 1. The van der Waals surface area contributed by atoms with Crippen LogP contribution in [0.2, 0.25) is 0 Å². The van der Waals surface area contributed by atoms with E-state index in [0.717, 1.165) is 12.8 Å². The van der Waals surface area contributed by atoms with Gasteiger partial charge in [-0.2, -0.15) is 0 Å². The lowest BCUT2D eigenvalue weighted by Gasteiger charge is -2.42. The fourth-order valence-electron chi connectivity index (χ4n) is 3.07. The number of hydrogen-bond donors (Lipinski definition) is 2. The van der Waals surface area contributed by atoms with Gasteiger partial charge in [-0.3, -0.25) is 9.59 Å². The van der Waals surface area contributed by atoms with Gasteiger partial charge in [-0.05, 0) is 38.5 Å². The third kappa shape index (κ3) is 2.21. The number of carboxylic acid groups (broad SMARTS) is 1. The van der Waals surface area contributed by atoms with Crippen molar-refractivity contribution >= 4 is 11.9 Å². The van der Waals surface area contributed by atoms with E-state index in [9.17, 15) is 14.7 Å². The third-order valence-corrected chi connectivity index (χ3v) is 3.77.